The lowest BCUT2D eigenvalue weighted by Crippen LogP contribution is -2.43. The Labute approximate surface area is 153 Å². The highest BCUT2D eigenvalue weighted by Gasteiger charge is 2.45. The third kappa shape index (κ3) is 3.91. The first-order valence-corrected chi connectivity index (χ1v) is 8.61. The monoisotopic (exact) mass is 356 g/mol. The van der Waals surface area contributed by atoms with Crippen LogP contribution in [0.3, 0.4) is 0 Å². The van der Waals surface area contributed by atoms with Crippen molar-refractivity contribution in [1.29, 1.82) is 0 Å². The summed E-state index contributed by atoms with van der Waals surface area (Å²) in [6.45, 7) is 0.154. The molecule has 0 aromatic heterocycles. The van der Waals surface area contributed by atoms with Gasteiger partial charge in [0.2, 0.25) is 0 Å². The number of benzene rings is 2. The van der Waals surface area contributed by atoms with Crippen LogP contribution in [-0.2, 0) is 5.60 Å². The fourth-order valence-corrected chi connectivity index (χ4v) is 3.07. The normalized spacial score (nSPS) is 15.7. The van der Waals surface area contributed by atoms with Crippen molar-refractivity contribution in [2.75, 3.05) is 26.1 Å². The number of hydrogen-bond acceptors (Lipinski definition) is 4. The van der Waals surface area contributed by atoms with Crippen LogP contribution in [0.2, 0.25) is 0 Å². The van der Waals surface area contributed by atoms with E-state index in [-0.39, 0.29) is 18.5 Å². The molecular formula is C20H24N2O4. The van der Waals surface area contributed by atoms with Crippen LogP contribution in [0.25, 0.3) is 0 Å². The number of hydrogen-bond donors (Lipinski definition) is 3. The number of amides is 2. The maximum Gasteiger partial charge on any atom is 0.319 e. The number of nitrogens with one attached hydrogen (secondary N) is 2. The molecule has 0 radical (unpaired) electrons. The SMILES string of the molecule is COc1ccc(NC(=O)NCC(O)(c2ccccc2)C2CC2)cc1OC. The molecule has 1 atom stereocenters. The van der Waals surface area contributed by atoms with Gasteiger partial charge in [-0.2, -0.15) is 0 Å². The number of aliphatic hydroxyl groups is 1. The van der Waals surface area contributed by atoms with Crippen molar-refractivity contribution in [3.63, 3.8) is 0 Å². The van der Waals surface area contributed by atoms with Crippen LogP contribution >= 0.6 is 0 Å². The molecule has 2 aromatic rings. The third-order valence-electron chi connectivity index (χ3n) is 4.69. The molecule has 138 valence electrons. The van der Waals surface area contributed by atoms with Crippen LogP contribution in [0.5, 0.6) is 11.5 Å². The Kier molecular flexibility index (Phi) is 5.32. The molecule has 0 saturated heterocycles. The molecule has 2 aromatic carbocycles. The van der Waals surface area contributed by atoms with Gasteiger partial charge < -0.3 is 25.2 Å². The van der Waals surface area contributed by atoms with Crippen molar-refractivity contribution >= 4 is 11.7 Å². The summed E-state index contributed by atoms with van der Waals surface area (Å²) in [5.41, 5.74) is 0.361. The van der Waals surface area contributed by atoms with Crippen LogP contribution in [0, 0.1) is 5.92 Å². The van der Waals surface area contributed by atoms with Crippen LogP contribution in [0.4, 0.5) is 10.5 Å². The predicted octanol–water partition coefficient (Wildman–Crippen LogP) is 3.12. The Bertz CT molecular complexity index is 762. The van der Waals surface area contributed by atoms with E-state index >= 15 is 0 Å². The Hall–Kier alpha value is -2.73. The fourth-order valence-electron chi connectivity index (χ4n) is 3.07. The van der Waals surface area contributed by atoms with E-state index in [1.807, 2.05) is 30.3 Å². The second-order valence-electron chi connectivity index (χ2n) is 6.44. The minimum Gasteiger partial charge on any atom is -0.493 e. The molecule has 1 saturated carbocycles. The van der Waals surface area contributed by atoms with Gasteiger partial charge >= 0.3 is 6.03 Å². The Morgan fingerprint density at radius 3 is 2.42 bits per heavy atom. The van der Waals surface area contributed by atoms with Gasteiger partial charge in [0.1, 0.15) is 5.60 Å². The maximum absolute atomic E-state index is 12.3. The Balaban J connectivity index is 1.64. The smallest absolute Gasteiger partial charge is 0.319 e. The molecule has 0 spiro atoms. The second kappa shape index (κ2) is 7.66. The molecule has 1 unspecified atom stereocenters. The number of rotatable bonds is 7. The number of carbonyl (C=O) groups is 1. The highest BCUT2D eigenvalue weighted by molar-refractivity contribution is 5.89. The molecule has 2 amide bonds. The first-order valence-electron chi connectivity index (χ1n) is 8.61. The number of methoxy groups -OCH3 is 2. The maximum atomic E-state index is 12.3. The summed E-state index contributed by atoms with van der Waals surface area (Å²) in [5, 5.41) is 16.6. The summed E-state index contributed by atoms with van der Waals surface area (Å²) in [6, 6.07) is 14.2. The zero-order valence-electron chi connectivity index (χ0n) is 15.0. The minimum absolute atomic E-state index is 0.154. The van der Waals surface area contributed by atoms with Gasteiger partial charge in [0.15, 0.2) is 11.5 Å². The molecule has 0 heterocycles. The van der Waals surface area contributed by atoms with Crippen LogP contribution in [0.15, 0.2) is 48.5 Å². The third-order valence-corrected chi connectivity index (χ3v) is 4.69. The zero-order valence-corrected chi connectivity index (χ0v) is 15.0. The average molecular weight is 356 g/mol. The van der Waals surface area contributed by atoms with Crippen LogP contribution in [-0.4, -0.2) is 31.9 Å². The van der Waals surface area contributed by atoms with E-state index < -0.39 is 5.60 Å². The Morgan fingerprint density at radius 1 is 1.12 bits per heavy atom. The van der Waals surface area contributed by atoms with Gasteiger partial charge in [-0.05, 0) is 36.5 Å². The molecule has 6 nitrogen and oxygen atoms in total. The first kappa shape index (κ1) is 18.1. The van der Waals surface area contributed by atoms with Gasteiger partial charge in [-0.15, -0.1) is 0 Å². The fraction of sp³-hybridized carbons (Fsp3) is 0.350. The first-order chi connectivity index (χ1) is 12.6. The van der Waals surface area contributed by atoms with Gasteiger partial charge in [0.05, 0.1) is 20.8 Å². The van der Waals surface area contributed by atoms with Gasteiger partial charge in [0.25, 0.3) is 0 Å². The highest BCUT2D eigenvalue weighted by atomic mass is 16.5. The molecular weight excluding hydrogens is 332 g/mol. The topological polar surface area (TPSA) is 79.8 Å². The average Bonchev–Trinajstić information content (AvgIpc) is 3.52. The summed E-state index contributed by atoms with van der Waals surface area (Å²) in [6.07, 6.45) is 1.93. The minimum atomic E-state index is -1.05. The van der Waals surface area contributed by atoms with Crippen LogP contribution in [0.1, 0.15) is 18.4 Å². The van der Waals surface area contributed by atoms with Crippen LogP contribution < -0.4 is 20.1 Å². The molecule has 26 heavy (non-hydrogen) atoms. The lowest BCUT2D eigenvalue weighted by atomic mass is 9.89. The lowest BCUT2D eigenvalue weighted by Gasteiger charge is -2.29. The van der Waals surface area contributed by atoms with Gasteiger partial charge in [-0.25, -0.2) is 4.79 Å². The number of ether oxygens (including phenoxy) is 2. The molecule has 1 aliphatic rings. The second-order valence-corrected chi connectivity index (χ2v) is 6.44. The summed E-state index contributed by atoms with van der Waals surface area (Å²) in [4.78, 5) is 12.3. The van der Waals surface area contributed by atoms with E-state index in [1.165, 1.54) is 7.11 Å². The van der Waals surface area contributed by atoms with Gasteiger partial charge in [0, 0.05) is 11.8 Å². The quantitative estimate of drug-likeness (QED) is 0.712. The highest BCUT2D eigenvalue weighted by Crippen LogP contribution is 2.45. The molecule has 3 rings (SSSR count). The molecule has 0 aliphatic heterocycles. The van der Waals surface area contributed by atoms with Crippen molar-refractivity contribution in [3.8, 4) is 11.5 Å². The van der Waals surface area contributed by atoms with Crippen molar-refractivity contribution in [3.05, 3.63) is 54.1 Å². The van der Waals surface area contributed by atoms with E-state index in [1.54, 1.807) is 25.3 Å². The van der Waals surface area contributed by atoms with Crippen molar-refractivity contribution < 1.29 is 19.4 Å². The van der Waals surface area contributed by atoms with Gasteiger partial charge in [-0.3, -0.25) is 0 Å². The molecule has 1 aliphatic carbocycles. The molecule has 1 fully saturated rings. The number of urea groups is 1. The number of anilines is 1. The summed E-state index contributed by atoms with van der Waals surface area (Å²) in [5.74, 6) is 1.29. The summed E-state index contributed by atoms with van der Waals surface area (Å²) < 4.78 is 10.4. The largest absolute Gasteiger partial charge is 0.493 e. The number of carbonyl (C=O) groups excluding carboxylic acids is 1. The molecule has 0 bridgehead atoms. The zero-order chi connectivity index (χ0) is 18.6. The van der Waals surface area contributed by atoms with E-state index in [2.05, 4.69) is 10.6 Å². The van der Waals surface area contributed by atoms with E-state index in [9.17, 15) is 9.90 Å². The van der Waals surface area contributed by atoms with Crippen molar-refractivity contribution in [2.45, 2.75) is 18.4 Å². The molecule has 3 N–H and O–H groups in total. The lowest BCUT2D eigenvalue weighted by molar-refractivity contribution is 0.0164. The molecule has 6 heteroatoms. The summed E-state index contributed by atoms with van der Waals surface area (Å²) in [7, 11) is 3.09. The standard InChI is InChI=1S/C20H24N2O4/c1-25-17-11-10-16(12-18(17)26-2)22-19(23)21-13-20(24,15-8-9-15)14-6-4-3-5-7-14/h3-7,10-12,15,24H,8-9,13H2,1-2H3,(H2,21,22,23). The Morgan fingerprint density at radius 2 is 1.81 bits per heavy atom. The summed E-state index contributed by atoms with van der Waals surface area (Å²) >= 11 is 0. The van der Waals surface area contributed by atoms with Crippen molar-refractivity contribution in [1.82, 2.24) is 5.32 Å². The van der Waals surface area contributed by atoms with E-state index in [0.717, 1.165) is 18.4 Å². The van der Waals surface area contributed by atoms with E-state index in [0.29, 0.717) is 17.2 Å². The van der Waals surface area contributed by atoms with Gasteiger partial charge in [-0.1, -0.05) is 30.3 Å². The predicted molar refractivity (Wildman–Crippen MR) is 99.6 cm³/mol. The van der Waals surface area contributed by atoms with E-state index in [4.69, 9.17) is 9.47 Å². The van der Waals surface area contributed by atoms with Crippen molar-refractivity contribution in [2.24, 2.45) is 5.92 Å².